The van der Waals surface area contributed by atoms with Gasteiger partial charge in [0.05, 0.1) is 13.5 Å². The first-order valence-electron chi connectivity index (χ1n) is 12.3. The fraction of sp³-hybridized carbons (Fsp3) is 0.333. The molecule has 3 rings (SSSR count). The van der Waals surface area contributed by atoms with Crippen molar-refractivity contribution in [3.8, 4) is 5.75 Å². The van der Waals surface area contributed by atoms with E-state index in [1.54, 1.807) is 12.0 Å². The molecular formula is C30H36N2O3. The summed E-state index contributed by atoms with van der Waals surface area (Å²) < 4.78 is 5.39. The molecule has 0 aliphatic rings. The molecule has 1 atom stereocenters. The minimum atomic E-state index is -0.626. The molecule has 1 N–H and O–H groups in total. The Morgan fingerprint density at radius 3 is 2.31 bits per heavy atom. The smallest absolute Gasteiger partial charge is 0.243 e. The summed E-state index contributed by atoms with van der Waals surface area (Å²) in [5.74, 6) is 0.520. The molecule has 35 heavy (non-hydrogen) atoms. The third-order valence-electron chi connectivity index (χ3n) is 6.06. The highest BCUT2D eigenvalue weighted by Gasteiger charge is 2.30. The zero-order valence-corrected chi connectivity index (χ0v) is 21.0. The summed E-state index contributed by atoms with van der Waals surface area (Å²) in [6.45, 7) is 5.03. The third-order valence-corrected chi connectivity index (χ3v) is 6.06. The summed E-state index contributed by atoms with van der Waals surface area (Å²) in [4.78, 5) is 28.9. The first kappa shape index (κ1) is 26.0. The van der Waals surface area contributed by atoms with Crippen LogP contribution in [-0.4, -0.2) is 36.4 Å². The number of hydrogen-bond acceptors (Lipinski definition) is 3. The number of hydrogen-bond donors (Lipinski definition) is 1. The zero-order chi connectivity index (χ0) is 25.0. The molecule has 0 aromatic heterocycles. The highest BCUT2D eigenvalue weighted by molar-refractivity contribution is 5.88. The fourth-order valence-corrected chi connectivity index (χ4v) is 4.01. The number of ether oxygens (including phenoxy) is 1. The number of nitrogens with one attached hydrogen (secondary N) is 1. The van der Waals surface area contributed by atoms with E-state index in [1.807, 2.05) is 85.8 Å². The zero-order valence-electron chi connectivity index (χ0n) is 21.0. The van der Waals surface area contributed by atoms with Crippen molar-refractivity contribution in [3.63, 3.8) is 0 Å². The minimum Gasteiger partial charge on any atom is -0.497 e. The van der Waals surface area contributed by atoms with Crippen molar-refractivity contribution < 1.29 is 14.3 Å². The molecule has 0 aliphatic carbocycles. The van der Waals surface area contributed by atoms with Crippen molar-refractivity contribution in [2.24, 2.45) is 0 Å². The predicted molar refractivity (Wildman–Crippen MR) is 140 cm³/mol. The average molecular weight is 473 g/mol. The van der Waals surface area contributed by atoms with Crippen LogP contribution in [0.25, 0.3) is 0 Å². The summed E-state index contributed by atoms with van der Waals surface area (Å²) in [5.41, 5.74) is 4.01. The highest BCUT2D eigenvalue weighted by Crippen LogP contribution is 2.19. The van der Waals surface area contributed by atoms with Crippen molar-refractivity contribution in [3.05, 3.63) is 101 Å². The van der Waals surface area contributed by atoms with E-state index in [1.165, 1.54) is 0 Å². The third kappa shape index (κ3) is 7.99. The molecule has 0 fully saturated rings. The lowest BCUT2D eigenvalue weighted by Crippen LogP contribution is -2.51. The molecule has 3 aromatic carbocycles. The van der Waals surface area contributed by atoms with Gasteiger partial charge in [-0.1, -0.05) is 85.6 Å². The van der Waals surface area contributed by atoms with Crippen LogP contribution in [0.15, 0.2) is 78.9 Å². The normalized spacial score (nSPS) is 11.5. The standard InChI is InChI=1S/C30H36N2O3/c1-4-5-18-31-30(34)28(20-24-10-7-6-8-11-24)32(22-26-12-9-13-27(19-26)35-3)29(33)21-25-16-14-23(2)15-17-25/h6-17,19,28H,4-5,18,20-22H2,1-3H3,(H,31,34)/t28-/m1/s1. The Balaban J connectivity index is 1.94. The van der Waals surface area contributed by atoms with Gasteiger partial charge in [0.1, 0.15) is 11.8 Å². The Morgan fingerprint density at radius 1 is 0.914 bits per heavy atom. The highest BCUT2D eigenvalue weighted by atomic mass is 16.5. The number of benzene rings is 3. The molecular weight excluding hydrogens is 436 g/mol. The van der Waals surface area contributed by atoms with Gasteiger partial charge in [0.15, 0.2) is 0 Å². The number of rotatable bonds is 12. The van der Waals surface area contributed by atoms with E-state index in [-0.39, 0.29) is 18.2 Å². The number of carbonyl (C=O) groups is 2. The van der Waals surface area contributed by atoms with Crippen LogP contribution in [0.3, 0.4) is 0 Å². The Kier molecular flexibility index (Phi) is 9.91. The van der Waals surface area contributed by atoms with E-state index in [2.05, 4.69) is 12.2 Å². The molecule has 5 heteroatoms. The van der Waals surface area contributed by atoms with Gasteiger partial charge in [-0.05, 0) is 42.2 Å². The summed E-state index contributed by atoms with van der Waals surface area (Å²) in [6.07, 6.45) is 2.57. The molecule has 5 nitrogen and oxygen atoms in total. The second-order valence-corrected chi connectivity index (χ2v) is 8.89. The lowest BCUT2D eigenvalue weighted by atomic mass is 10.0. The van der Waals surface area contributed by atoms with Crippen LogP contribution in [0.1, 0.15) is 42.0 Å². The number of unbranched alkanes of at least 4 members (excludes halogenated alkanes) is 1. The Morgan fingerprint density at radius 2 is 1.63 bits per heavy atom. The lowest BCUT2D eigenvalue weighted by molar-refractivity contribution is -0.140. The summed E-state index contributed by atoms with van der Waals surface area (Å²) in [5, 5.41) is 3.06. The van der Waals surface area contributed by atoms with Crippen LogP contribution >= 0.6 is 0 Å². The topological polar surface area (TPSA) is 58.6 Å². The van der Waals surface area contributed by atoms with Gasteiger partial charge in [0.2, 0.25) is 11.8 Å². The van der Waals surface area contributed by atoms with Gasteiger partial charge in [0.25, 0.3) is 0 Å². The number of carbonyl (C=O) groups excluding carboxylic acids is 2. The van der Waals surface area contributed by atoms with E-state index in [9.17, 15) is 9.59 Å². The van der Waals surface area contributed by atoms with Gasteiger partial charge in [-0.15, -0.1) is 0 Å². The SMILES string of the molecule is CCCCNC(=O)[C@@H](Cc1ccccc1)N(Cc1cccc(OC)c1)C(=O)Cc1ccc(C)cc1. The second-order valence-electron chi connectivity index (χ2n) is 8.89. The molecule has 2 amide bonds. The van der Waals surface area contributed by atoms with Gasteiger partial charge < -0.3 is 15.0 Å². The predicted octanol–water partition coefficient (Wildman–Crippen LogP) is 5.10. The van der Waals surface area contributed by atoms with Gasteiger partial charge in [0, 0.05) is 19.5 Å². The van der Waals surface area contributed by atoms with E-state index in [0.29, 0.717) is 19.5 Å². The van der Waals surface area contributed by atoms with E-state index < -0.39 is 6.04 Å². The maximum atomic E-state index is 13.7. The molecule has 0 radical (unpaired) electrons. The van der Waals surface area contributed by atoms with Crippen molar-refractivity contribution in [1.29, 1.82) is 0 Å². The minimum absolute atomic E-state index is 0.0803. The fourth-order valence-electron chi connectivity index (χ4n) is 4.01. The van der Waals surface area contributed by atoms with Gasteiger partial charge in [-0.2, -0.15) is 0 Å². The number of aryl methyl sites for hydroxylation is 1. The molecule has 184 valence electrons. The van der Waals surface area contributed by atoms with Gasteiger partial charge >= 0.3 is 0 Å². The van der Waals surface area contributed by atoms with Crippen molar-refractivity contribution in [2.75, 3.05) is 13.7 Å². The molecule has 0 saturated carbocycles. The quantitative estimate of drug-likeness (QED) is 0.373. The number of nitrogens with zero attached hydrogens (tertiary/aromatic N) is 1. The number of methoxy groups -OCH3 is 1. The van der Waals surface area contributed by atoms with Crippen LogP contribution < -0.4 is 10.1 Å². The lowest BCUT2D eigenvalue weighted by Gasteiger charge is -2.32. The largest absolute Gasteiger partial charge is 0.497 e. The Hall–Kier alpha value is -3.60. The Bertz CT molecular complexity index is 1080. The van der Waals surface area contributed by atoms with Crippen LogP contribution in [0.2, 0.25) is 0 Å². The van der Waals surface area contributed by atoms with E-state index in [0.717, 1.165) is 40.8 Å². The number of amides is 2. The van der Waals surface area contributed by atoms with Crippen LogP contribution in [-0.2, 0) is 29.0 Å². The van der Waals surface area contributed by atoms with Crippen molar-refractivity contribution in [2.45, 2.75) is 52.1 Å². The summed E-state index contributed by atoms with van der Waals surface area (Å²) >= 11 is 0. The molecule has 0 bridgehead atoms. The monoisotopic (exact) mass is 472 g/mol. The summed E-state index contributed by atoms with van der Waals surface area (Å²) in [7, 11) is 1.62. The maximum Gasteiger partial charge on any atom is 0.243 e. The first-order chi connectivity index (χ1) is 17.0. The molecule has 0 spiro atoms. The van der Waals surface area contributed by atoms with Gasteiger partial charge in [-0.3, -0.25) is 9.59 Å². The molecule has 3 aromatic rings. The van der Waals surface area contributed by atoms with Crippen molar-refractivity contribution >= 4 is 11.8 Å². The van der Waals surface area contributed by atoms with Crippen LogP contribution in [0.4, 0.5) is 0 Å². The van der Waals surface area contributed by atoms with E-state index >= 15 is 0 Å². The molecule has 0 heterocycles. The van der Waals surface area contributed by atoms with Crippen LogP contribution in [0, 0.1) is 6.92 Å². The van der Waals surface area contributed by atoms with Gasteiger partial charge in [-0.25, -0.2) is 0 Å². The van der Waals surface area contributed by atoms with E-state index in [4.69, 9.17) is 4.74 Å². The molecule has 0 saturated heterocycles. The second kappa shape index (κ2) is 13.3. The summed E-state index contributed by atoms with van der Waals surface area (Å²) in [6, 6.07) is 24.9. The Labute approximate surface area is 209 Å². The first-order valence-corrected chi connectivity index (χ1v) is 12.3. The molecule has 0 aliphatic heterocycles. The van der Waals surface area contributed by atoms with Crippen LogP contribution in [0.5, 0.6) is 5.75 Å². The molecule has 0 unspecified atom stereocenters. The average Bonchev–Trinajstić information content (AvgIpc) is 2.88. The maximum absolute atomic E-state index is 13.7. The van der Waals surface area contributed by atoms with Crippen molar-refractivity contribution in [1.82, 2.24) is 10.2 Å².